The first-order valence-corrected chi connectivity index (χ1v) is 12.3. The summed E-state index contributed by atoms with van der Waals surface area (Å²) in [4.78, 5) is 25.5. The first kappa shape index (κ1) is 24.7. The van der Waals surface area contributed by atoms with Crippen LogP contribution in [0.15, 0.2) is 58.7 Å². The average Bonchev–Trinajstić information content (AvgIpc) is 2.89. The van der Waals surface area contributed by atoms with Gasteiger partial charge in [0.05, 0.1) is 21.3 Å². The van der Waals surface area contributed by atoms with Gasteiger partial charge in [0.2, 0.25) is 11.7 Å². The Hall–Kier alpha value is -3.46. The number of carbonyl (C=O) groups excluding carboxylic acids is 1. The molecular formula is C26H30N4O4S. The topological polar surface area (TPSA) is 85.8 Å². The molecule has 4 rings (SSSR count). The highest BCUT2D eigenvalue weighted by molar-refractivity contribution is 7.99. The summed E-state index contributed by atoms with van der Waals surface area (Å²) in [6.07, 6.45) is 4.89. The Balaban J connectivity index is 1.41. The van der Waals surface area contributed by atoms with Gasteiger partial charge in [0.15, 0.2) is 17.3 Å². The number of nitrogens with zero attached hydrogens (tertiary/aromatic N) is 3. The second-order valence-electron chi connectivity index (χ2n) is 8.26. The van der Waals surface area contributed by atoms with Gasteiger partial charge in [-0.25, -0.2) is 9.97 Å². The van der Waals surface area contributed by atoms with Crippen LogP contribution in [0, 0.1) is 12.8 Å². The van der Waals surface area contributed by atoms with E-state index >= 15 is 0 Å². The van der Waals surface area contributed by atoms with E-state index in [1.807, 2.05) is 0 Å². The number of hydrogen-bond acceptors (Lipinski definition) is 8. The van der Waals surface area contributed by atoms with Crippen LogP contribution in [0.4, 0.5) is 11.5 Å². The lowest BCUT2D eigenvalue weighted by Gasteiger charge is -2.32. The molecule has 2 aromatic carbocycles. The molecule has 3 aromatic rings. The minimum atomic E-state index is -0.102. The van der Waals surface area contributed by atoms with Crippen LogP contribution in [-0.4, -0.2) is 50.3 Å². The Labute approximate surface area is 210 Å². The second-order valence-corrected chi connectivity index (χ2v) is 9.33. The van der Waals surface area contributed by atoms with Crippen molar-refractivity contribution >= 4 is 29.2 Å². The van der Waals surface area contributed by atoms with Crippen molar-refractivity contribution < 1.29 is 19.0 Å². The molecule has 0 bridgehead atoms. The molecule has 184 valence electrons. The number of aryl methyl sites for hydroxylation is 1. The van der Waals surface area contributed by atoms with Crippen molar-refractivity contribution in [3.8, 4) is 17.2 Å². The molecule has 9 heteroatoms. The number of rotatable bonds is 8. The zero-order valence-corrected chi connectivity index (χ0v) is 21.2. The lowest BCUT2D eigenvalue weighted by Crippen LogP contribution is -2.38. The van der Waals surface area contributed by atoms with E-state index in [0.29, 0.717) is 22.9 Å². The Morgan fingerprint density at radius 3 is 2.20 bits per heavy atom. The zero-order chi connectivity index (χ0) is 24.8. The Morgan fingerprint density at radius 1 is 0.971 bits per heavy atom. The van der Waals surface area contributed by atoms with Crippen LogP contribution in [0.5, 0.6) is 17.2 Å². The molecule has 0 unspecified atom stereocenters. The minimum Gasteiger partial charge on any atom is -0.493 e. The lowest BCUT2D eigenvalue weighted by atomic mass is 9.96. The molecule has 2 heterocycles. The molecule has 0 radical (unpaired) electrons. The monoisotopic (exact) mass is 494 g/mol. The van der Waals surface area contributed by atoms with Crippen molar-refractivity contribution in [2.75, 3.05) is 44.6 Å². The van der Waals surface area contributed by atoms with E-state index in [2.05, 4.69) is 51.4 Å². The number of aromatic nitrogens is 2. The van der Waals surface area contributed by atoms with Crippen molar-refractivity contribution in [2.45, 2.75) is 29.7 Å². The fourth-order valence-corrected chi connectivity index (χ4v) is 4.96. The molecule has 1 fully saturated rings. The van der Waals surface area contributed by atoms with Gasteiger partial charge in [0.1, 0.15) is 5.03 Å². The van der Waals surface area contributed by atoms with Crippen molar-refractivity contribution in [1.29, 1.82) is 0 Å². The number of nitrogens with one attached hydrogen (secondary N) is 1. The smallest absolute Gasteiger partial charge is 0.227 e. The first-order valence-electron chi connectivity index (χ1n) is 11.4. The predicted octanol–water partition coefficient (Wildman–Crippen LogP) is 4.82. The van der Waals surface area contributed by atoms with E-state index < -0.39 is 0 Å². The lowest BCUT2D eigenvalue weighted by molar-refractivity contribution is -0.120. The molecule has 1 aromatic heterocycles. The van der Waals surface area contributed by atoms with Gasteiger partial charge in [0.25, 0.3) is 0 Å². The zero-order valence-electron chi connectivity index (χ0n) is 20.4. The molecule has 0 spiro atoms. The van der Waals surface area contributed by atoms with E-state index in [0.717, 1.165) is 41.7 Å². The second kappa shape index (κ2) is 11.3. The van der Waals surface area contributed by atoms with Crippen LogP contribution < -0.4 is 24.4 Å². The summed E-state index contributed by atoms with van der Waals surface area (Å²) in [5.74, 6) is 2.23. The maximum Gasteiger partial charge on any atom is 0.227 e. The number of hydrogen-bond donors (Lipinski definition) is 1. The quantitative estimate of drug-likeness (QED) is 0.477. The molecule has 1 amide bonds. The number of anilines is 2. The Kier molecular flexibility index (Phi) is 7.97. The summed E-state index contributed by atoms with van der Waals surface area (Å²) in [5.41, 5.74) is 1.83. The third-order valence-corrected chi connectivity index (χ3v) is 6.97. The van der Waals surface area contributed by atoms with Gasteiger partial charge in [-0.2, -0.15) is 0 Å². The first-order chi connectivity index (χ1) is 17.0. The van der Waals surface area contributed by atoms with E-state index in [1.54, 1.807) is 57.6 Å². The van der Waals surface area contributed by atoms with Crippen molar-refractivity contribution in [2.24, 2.45) is 5.92 Å². The van der Waals surface area contributed by atoms with Crippen molar-refractivity contribution in [3.63, 3.8) is 0 Å². The van der Waals surface area contributed by atoms with Gasteiger partial charge < -0.3 is 24.4 Å². The number of methoxy groups -OCH3 is 3. The van der Waals surface area contributed by atoms with Gasteiger partial charge in [-0.3, -0.25) is 4.79 Å². The van der Waals surface area contributed by atoms with Crippen LogP contribution in [0.25, 0.3) is 0 Å². The summed E-state index contributed by atoms with van der Waals surface area (Å²) in [7, 11) is 4.65. The SMILES string of the molecule is COc1cc(NC(=O)C2CCN(c3nccnc3Sc3ccc(C)cc3)CC2)cc(OC)c1OC. The Bertz CT molecular complexity index is 1140. The van der Waals surface area contributed by atoms with Crippen LogP contribution in [0.3, 0.4) is 0 Å². The van der Waals surface area contributed by atoms with Gasteiger partial charge in [-0.1, -0.05) is 29.5 Å². The van der Waals surface area contributed by atoms with Gasteiger partial charge in [-0.15, -0.1) is 0 Å². The normalized spacial score (nSPS) is 13.9. The number of carbonyl (C=O) groups is 1. The van der Waals surface area contributed by atoms with E-state index in [1.165, 1.54) is 5.56 Å². The van der Waals surface area contributed by atoms with Crippen LogP contribution in [0.2, 0.25) is 0 Å². The highest BCUT2D eigenvalue weighted by atomic mass is 32.2. The number of ether oxygens (including phenoxy) is 3. The summed E-state index contributed by atoms with van der Waals surface area (Å²) in [5, 5.41) is 3.88. The maximum absolute atomic E-state index is 13.0. The van der Waals surface area contributed by atoms with Crippen LogP contribution in [0.1, 0.15) is 18.4 Å². The molecule has 8 nitrogen and oxygen atoms in total. The van der Waals surface area contributed by atoms with E-state index in [4.69, 9.17) is 14.2 Å². The highest BCUT2D eigenvalue weighted by Crippen LogP contribution is 2.40. The summed E-state index contributed by atoms with van der Waals surface area (Å²) >= 11 is 1.61. The van der Waals surface area contributed by atoms with Gasteiger partial charge in [-0.05, 0) is 31.9 Å². The minimum absolute atomic E-state index is 0.0210. The fraction of sp³-hybridized carbons (Fsp3) is 0.346. The third kappa shape index (κ3) is 5.79. The number of amides is 1. The maximum atomic E-state index is 13.0. The fourth-order valence-electron chi connectivity index (χ4n) is 4.08. The molecule has 1 aliphatic heterocycles. The summed E-state index contributed by atoms with van der Waals surface area (Å²) < 4.78 is 16.1. The van der Waals surface area contributed by atoms with Gasteiger partial charge >= 0.3 is 0 Å². The van der Waals surface area contributed by atoms with E-state index in [9.17, 15) is 4.79 Å². The summed E-state index contributed by atoms with van der Waals surface area (Å²) in [6, 6.07) is 11.9. The predicted molar refractivity (Wildman–Crippen MR) is 137 cm³/mol. The van der Waals surface area contributed by atoms with Crippen molar-refractivity contribution in [3.05, 3.63) is 54.4 Å². The standard InChI is InChI=1S/C26H30N4O4S/c1-17-5-7-20(8-6-17)35-26-24(27-11-12-28-26)30-13-9-18(10-14-30)25(31)29-19-15-21(32-2)23(34-4)22(16-19)33-3/h5-8,11-12,15-16,18H,9-10,13-14H2,1-4H3,(H,29,31). The van der Waals surface area contributed by atoms with Crippen LogP contribution in [-0.2, 0) is 4.79 Å². The molecule has 1 N–H and O–H groups in total. The molecule has 0 atom stereocenters. The average molecular weight is 495 g/mol. The molecule has 1 aliphatic rings. The molecule has 1 saturated heterocycles. The largest absolute Gasteiger partial charge is 0.493 e. The van der Waals surface area contributed by atoms with Gasteiger partial charge in [0, 0.05) is 54.1 Å². The molecule has 35 heavy (non-hydrogen) atoms. The Morgan fingerprint density at radius 2 is 1.60 bits per heavy atom. The summed E-state index contributed by atoms with van der Waals surface area (Å²) in [6.45, 7) is 3.53. The van der Waals surface area contributed by atoms with Crippen LogP contribution >= 0.6 is 11.8 Å². The number of benzene rings is 2. The number of piperidine rings is 1. The molecular weight excluding hydrogens is 464 g/mol. The third-order valence-electron chi connectivity index (χ3n) is 5.98. The molecule has 0 saturated carbocycles. The van der Waals surface area contributed by atoms with Crippen molar-refractivity contribution in [1.82, 2.24) is 9.97 Å². The molecule has 0 aliphatic carbocycles. The van der Waals surface area contributed by atoms with E-state index in [-0.39, 0.29) is 11.8 Å². The highest BCUT2D eigenvalue weighted by Gasteiger charge is 2.28.